The van der Waals surface area contributed by atoms with Gasteiger partial charge in [-0.3, -0.25) is 4.79 Å². The molecule has 0 bridgehead atoms. The summed E-state index contributed by atoms with van der Waals surface area (Å²) in [5.74, 6) is -1.58. The van der Waals surface area contributed by atoms with Crippen LogP contribution in [0.2, 0.25) is 0 Å². The lowest BCUT2D eigenvalue weighted by molar-refractivity contribution is -0.140. The Morgan fingerprint density at radius 2 is 1.46 bits per heavy atom. The predicted molar refractivity (Wildman–Crippen MR) is 97.5 cm³/mol. The van der Waals surface area contributed by atoms with Crippen molar-refractivity contribution in [3.63, 3.8) is 0 Å². The van der Waals surface area contributed by atoms with Crippen LogP contribution in [0, 0.1) is 0 Å². The Morgan fingerprint density at radius 1 is 1.00 bits per heavy atom. The standard InChI is InChI=1S/C19H26O4S/c1-15(2)10-12-19(18(20)21,13-11-16(3)4)24(22,23)14-17-8-6-5-7-9-17/h5-11H,12-14H2,1-4H3,(H,20,21). The molecule has 24 heavy (non-hydrogen) atoms. The Balaban J connectivity index is 3.39. The Morgan fingerprint density at radius 3 is 1.83 bits per heavy atom. The minimum atomic E-state index is -3.92. The topological polar surface area (TPSA) is 71.4 Å². The molecule has 0 heterocycles. The van der Waals surface area contributed by atoms with E-state index in [1.54, 1.807) is 42.5 Å². The number of carbonyl (C=O) groups is 1. The highest BCUT2D eigenvalue weighted by atomic mass is 32.2. The van der Waals surface area contributed by atoms with Gasteiger partial charge in [0.25, 0.3) is 0 Å². The maximum atomic E-state index is 13.0. The first-order chi connectivity index (χ1) is 11.1. The van der Waals surface area contributed by atoms with Crippen molar-refractivity contribution in [2.45, 2.75) is 51.0 Å². The van der Waals surface area contributed by atoms with Crippen LogP contribution in [0.5, 0.6) is 0 Å². The molecule has 0 fully saturated rings. The quantitative estimate of drug-likeness (QED) is 0.715. The first kappa shape index (κ1) is 20.2. The van der Waals surface area contributed by atoms with E-state index >= 15 is 0 Å². The molecule has 1 N–H and O–H groups in total. The number of sulfone groups is 1. The second-order valence-corrected chi connectivity index (χ2v) is 8.81. The Labute approximate surface area is 144 Å². The van der Waals surface area contributed by atoms with Gasteiger partial charge in [0.2, 0.25) is 0 Å². The van der Waals surface area contributed by atoms with Gasteiger partial charge in [-0.25, -0.2) is 8.42 Å². The van der Waals surface area contributed by atoms with Crippen LogP contribution in [0.25, 0.3) is 0 Å². The van der Waals surface area contributed by atoms with Gasteiger partial charge >= 0.3 is 5.97 Å². The molecule has 1 rings (SSSR count). The number of hydrogen-bond acceptors (Lipinski definition) is 3. The molecule has 5 heteroatoms. The Bertz CT molecular complexity index is 700. The molecule has 0 aliphatic rings. The number of aliphatic carboxylic acids is 1. The summed E-state index contributed by atoms with van der Waals surface area (Å²) in [6.45, 7) is 7.32. The van der Waals surface area contributed by atoms with Crippen LogP contribution in [0.1, 0.15) is 46.1 Å². The fraction of sp³-hybridized carbons (Fsp3) is 0.421. The van der Waals surface area contributed by atoms with Crippen molar-refractivity contribution in [1.29, 1.82) is 0 Å². The molecule has 0 aliphatic carbocycles. The first-order valence-electron chi connectivity index (χ1n) is 7.87. The van der Waals surface area contributed by atoms with Crippen molar-refractivity contribution in [3.8, 4) is 0 Å². The number of benzene rings is 1. The van der Waals surface area contributed by atoms with Crippen molar-refractivity contribution in [2.24, 2.45) is 0 Å². The Kier molecular flexibility index (Phi) is 6.96. The SMILES string of the molecule is CC(C)=CCC(CC=C(C)C)(C(=O)O)S(=O)(=O)Cc1ccccc1. The molecule has 132 valence electrons. The van der Waals surface area contributed by atoms with E-state index in [9.17, 15) is 18.3 Å². The van der Waals surface area contributed by atoms with Crippen molar-refractivity contribution >= 4 is 15.8 Å². The normalized spacial score (nSPS) is 11.7. The summed E-state index contributed by atoms with van der Waals surface area (Å²) in [7, 11) is -3.92. The lowest BCUT2D eigenvalue weighted by atomic mass is 9.97. The molecule has 0 aromatic heterocycles. The van der Waals surface area contributed by atoms with Crippen LogP contribution in [0.15, 0.2) is 53.6 Å². The molecular formula is C19H26O4S. The molecule has 4 nitrogen and oxygen atoms in total. The summed E-state index contributed by atoms with van der Waals surface area (Å²) in [5.41, 5.74) is 2.39. The number of rotatable bonds is 8. The van der Waals surface area contributed by atoms with Gasteiger partial charge in [-0.15, -0.1) is 0 Å². The predicted octanol–water partition coefficient (Wildman–Crippen LogP) is 4.14. The van der Waals surface area contributed by atoms with Gasteiger partial charge in [-0.1, -0.05) is 53.6 Å². The highest BCUT2D eigenvalue weighted by Crippen LogP contribution is 2.32. The van der Waals surface area contributed by atoms with Crippen molar-refractivity contribution in [3.05, 3.63) is 59.2 Å². The zero-order valence-electron chi connectivity index (χ0n) is 14.7. The van der Waals surface area contributed by atoms with E-state index in [-0.39, 0.29) is 18.6 Å². The van der Waals surface area contributed by atoms with Crippen molar-refractivity contribution < 1.29 is 18.3 Å². The van der Waals surface area contributed by atoms with Gasteiger partial charge < -0.3 is 5.11 Å². The zero-order valence-corrected chi connectivity index (χ0v) is 15.6. The first-order valence-corrected chi connectivity index (χ1v) is 9.52. The highest BCUT2D eigenvalue weighted by molar-refractivity contribution is 7.92. The molecule has 0 amide bonds. The third kappa shape index (κ3) is 5.06. The molecule has 0 spiro atoms. The summed E-state index contributed by atoms with van der Waals surface area (Å²) in [6.07, 6.45) is 3.30. The van der Waals surface area contributed by atoms with Gasteiger partial charge in [0, 0.05) is 0 Å². The van der Waals surface area contributed by atoms with E-state index in [1.807, 2.05) is 27.7 Å². The van der Waals surface area contributed by atoms with Crippen molar-refractivity contribution in [2.75, 3.05) is 0 Å². The highest BCUT2D eigenvalue weighted by Gasteiger charge is 2.49. The lowest BCUT2D eigenvalue weighted by Gasteiger charge is -2.27. The molecular weight excluding hydrogens is 324 g/mol. The third-order valence-corrected chi connectivity index (χ3v) is 6.28. The second-order valence-electron chi connectivity index (χ2n) is 6.52. The monoisotopic (exact) mass is 350 g/mol. The molecule has 1 aromatic carbocycles. The van der Waals surface area contributed by atoms with Gasteiger partial charge in [0.05, 0.1) is 5.75 Å². The summed E-state index contributed by atoms with van der Waals surface area (Å²) in [4.78, 5) is 12.0. The van der Waals surface area contributed by atoms with Crippen molar-refractivity contribution in [1.82, 2.24) is 0 Å². The average Bonchev–Trinajstić information content (AvgIpc) is 2.46. The number of allylic oxidation sites excluding steroid dienone is 4. The van der Waals surface area contributed by atoms with Crippen LogP contribution in [-0.4, -0.2) is 24.2 Å². The minimum Gasteiger partial charge on any atom is -0.480 e. The molecule has 0 radical (unpaired) electrons. The molecule has 0 unspecified atom stereocenters. The number of carboxylic acids is 1. The Hall–Kier alpha value is -1.88. The fourth-order valence-corrected chi connectivity index (χ4v) is 4.16. The van der Waals surface area contributed by atoms with Crippen LogP contribution >= 0.6 is 0 Å². The lowest BCUT2D eigenvalue weighted by Crippen LogP contribution is -2.46. The average molecular weight is 350 g/mol. The molecule has 0 atom stereocenters. The van der Waals surface area contributed by atoms with E-state index in [1.165, 1.54) is 0 Å². The van der Waals surface area contributed by atoms with Crippen LogP contribution < -0.4 is 0 Å². The third-order valence-electron chi connectivity index (χ3n) is 3.86. The smallest absolute Gasteiger partial charge is 0.325 e. The molecule has 0 aliphatic heterocycles. The number of carboxylic acid groups (broad SMARTS) is 1. The largest absolute Gasteiger partial charge is 0.480 e. The second kappa shape index (κ2) is 8.29. The van der Waals surface area contributed by atoms with Crippen LogP contribution in [0.3, 0.4) is 0 Å². The summed E-state index contributed by atoms with van der Waals surface area (Å²) in [5, 5.41) is 9.83. The van der Waals surface area contributed by atoms with Gasteiger partial charge in [-0.05, 0) is 46.1 Å². The fourth-order valence-electron chi connectivity index (χ4n) is 2.31. The van der Waals surface area contributed by atoms with E-state index in [0.717, 1.165) is 11.1 Å². The molecule has 1 aromatic rings. The molecule has 0 saturated carbocycles. The summed E-state index contributed by atoms with van der Waals surface area (Å²) in [6, 6.07) is 8.70. The van der Waals surface area contributed by atoms with E-state index in [2.05, 4.69) is 0 Å². The van der Waals surface area contributed by atoms with E-state index < -0.39 is 20.6 Å². The van der Waals surface area contributed by atoms with Gasteiger partial charge in [0.1, 0.15) is 0 Å². The maximum absolute atomic E-state index is 13.0. The molecule has 0 saturated heterocycles. The minimum absolute atomic E-state index is 0.0381. The summed E-state index contributed by atoms with van der Waals surface area (Å²) < 4.78 is 24.2. The van der Waals surface area contributed by atoms with Crippen LogP contribution in [0.4, 0.5) is 0 Å². The zero-order chi connectivity index (χ0) is 18.4. The van der Waals surface area contributed by atoms with Crippen LogP contribution in [-0.2, 0) is 20.4 Å². The van der Waals surface area contributed by atoms with Gasteiger partial charge in [0.15, 0.2) is 14.6 Å². The van der Waals surface area contributed by atoms with E-state index in [0.29, 0.717) is 5.56 Å². The summed E-state index contributed by atoms with van der Waals surface area (Å²) >= 11 is 0. The number of hydrogen-bond donors (Lipinski definition) is 1. The van der Waals surface area contributed by atoms with E-state index in [4.69, 9.17) is 0 Å². The van der Waals surface area contributed by atoms with Gasteiger partial charge in [-0.2, -0.15) is 0 Å². The maximum Gasteiger partial charge on any atom is 0.325 e.